The van der Waals surface area contributed by atoms with Crippen molar-refractivity contribution in [1.82, 2.24) is 0 Å². The molecule has 0 spiro atoms. The average molecular weight is 339 g/mol. The topological polar surface area (TPSA) is 55.8 Å². The van der Waals surface area contributed by atoms with Crippen LogP contribution in [0, 0.1) is 0 Å². The molecule has 1 atom stereocenters. The van der Waals surface area contributed by atoms with Gasteiger partial charge in [0.05, 0.1) is 33.1 Å². The molecule has 0 saturated carbocycles. The lowest BCUT2D eigenvalue weighted by molar-refractivity contribution is 0.171. The van der Waals surface area contributed by atoms with Gasteiger partial charge in [-0.05, 0) is 11.1 Å². The number of hydrogen-bond donors (Lipinski definition) is 1. The number of ether oxygens (including phenoxy) is 2. The molecule has 2 aromatic carbocycles. The van der Waals surface area contributed by atoms with Crippen LogP contribution in [0.5, 0.6) is 11.5 Å². The van der Waals surface area contributed by atoms with Crippen LogP contribution in [0.4, 0.5) is 0 Å². The first-order valence-corrected chi connectivity index (χ1v) is 8.53. The van der Waals surface area contributed by atoms with E-state index in [9.17, 15) is 4.21 Å². The number of benzene rings is 2. The van der Waals surface area contributed by atoms with Gasteiger partial charge in [-0.15, -0.1) is 0 Å². The predicted octanol–water partition coefficient (Wildman–Crippen LogP) is 2.91. The molecule has 116 valence electrons. The van der Waals surface area contributed by atoms with Gasteiger partial charge in [-0.3, -0.25) is 4.21 Å². The van der Waals surface area contributed by atoms with Crippen LogP contribution in [0.25, 0.3) is 0 Å². The molecule has 1 N–H and O–H groups in total. The van der Waals surface area contributed by atoms with Gasteiger partial charge >= 0.3 is 0 Å². The average Bonchev–Trinajstić information content (AvgIpc) is 2.54. The van der Waals surface area contributed by atoms with Crippen molar-refractivity contribution in [2.45, 2.75) is 17.3 Å². The van der Waals surface area contributed by atoms with Crippen molar-refractivity contribution < 1.29 is 18.8 Å². The third-order valence-corrected chi connectivity index (χ3v) is 5.19. The van der Waals surface area contributed by atoms with Gasteiger partial charge in [0.1, 0.15) is 13.2 Å². The molecule has 0 unspecified atom stereocenters. The van der Waals surface area contributed by atoms with E-state index in [2.05, 4.69) is 0 Å². The first-order chi connectivity index (χ1) is 10.7. The Bertz CT molecular complexity index is 700. The number of halogens is 1. The van der Waals surface area contributed by atoms with Gasteiger partial charge < -0.3 is 14.6 Å². The van der Waals surface area contributed by atoms with E-state index in [-0.39, 0.29) is 6.61 Å². The fraction of sp³-hybridized carbons (Fsp3) is 0.250. The Labute approximate surface area is 136 Å². The molecule has 0 aromatic heterocycles. The maximum absolute atomic E-state index is 12.6. The third kappa shape index (κ3) is 3.27. The molecule has 2 aromatic rings. The molecule has 1 aliphatic rings. The van der Waals surface area contributed by atoms with Crippen molar-refractivity contribution in [2.24, 2.45) is 0 Å². The monoisotopic (exact) mass is 338 g/mol. The second-order valence-corrected chi connectivity index (χ2v) is 6.72. The summed E-state index contributed by atoms with van der Waals surface area (Å²) in [5.41, 5.74) is 1.74. The molecule has 0 radical (unpaired) electrons. The van der Waals surface area contributed by atoms with Crippen LogP contribution in [-0.2, 0) is 23.2 Å². The summed E-state index contributed by atoms with van der Waals surface area (Å²) in [5.74, 6) is 1.52. The van der Waals surface area contributed by atoms with Gasteiger partial charge in [-0.2, -0.15) is 0 Å². The quantitative estimate of drug-likeness (QED) is 0.931. The number of aliphatic hydroxyl groups is 1. The zero-order chi connectivity index (χ0) is 15.5. The van der Waals surface area contributed by atoms with Crippen molar-refractivity contribution >= 4 is 22.4 Å². The minimum Gasteiger partial charge on any atom is -0.486 e. The first-order valence-electron chi connectivity index (χ1n) is 6.83. The highest BCUT2D eigenvalue weighted by molar-refractivity contribution is 7.84. The van der Waals surface area contributed by atoms with Gasteiger partial charge in [-0.1, -0.05) is 35.9 Å². The summed E-state index contributed by atoms with van der Waals surface area (Å²) in [5, 5.41) is 9.45. The maximum atomic E-state index is 12.6. The second kappa shape index (κ2) is 6.69. The fourth-order valence-electron chi connectivity index (χ4n) is 2.19. The lowest BCUT2D eigenvalue weighted by Gasteiger charge is -2.19. The Morgan fingerprint density at radius 2 is 1.64 bits per heavy atom. The predicted molar refractivity (Wildman–Crippen MR) is 84.9 cm³/mol. The Kier molecular flexibility index (Phi) is 4.66. The molecule has 0 bridgehead atoms. The van der Waals surface area contributed by atoms with Crippen LogP contribution in [0.15, 0.2) is 41.3 Å². The number of aliphatic hydroxyl groups excluding tert-OH is 1. The molecule has 22 heavy (non-hydrogen) atoms. The van der Waals surface area contributed by atoms with E-state index in [0.29, 0.717) is 40.4 Å². The minimum atomic E-state index is -1.28. The Morgan fingerprint density at radius 1 is 1.05 bits per heavy atom. The largest absolute Gasteiger partial charge is 0.486 e. The lowest BCUT2D eigenvalue weighted by Crippen LogP contribution is -2.15. The highest BCUT2D eigenvalue weighted by Gasteiger charge is 2.18. The summed E-state index contributed by atoms with van der Waals surface area (Å²) in [4.78, 5) is 0.539. The zero-order valence-electron chi connectivity index (χ0n) is 11.8. The normalized spacial score (nSPS) is 14.6. The standard InChI is InChI=1S/C16H15ClO4S/c17-13-7-14-15(21-6-5-20-14)8-16(13)22(19)10-12-3-1-11(9-18)2-4-12/h1-4,7-8,18H,5-6,9-10H2/t22-/m0/s1. The lowest BCUT2D eigenvalue weighted by atomic mass is 10.2. The molecule has 1 heterocycles. The van der Waals surface area contributed by atoms with Crippen molar-refractivity contribution in [3.8, 4) is 11.5 Å². The summed E-state index contributed by atoms with van der Waals surface area (Å²) < 4.78 is 23.5. The van der Waals surface area contributed by atoms with Crippen LogP contribution in [0.1, 0.15) is 11.1 Å². The Balaban J connectivity index is 1.82. The summed E-state index contributed by atoms with van der Waals surface area (Å²) in [6.07, 6.45) is 0. The molecule has 0 saturated heterocycles. The summed E-state index contributed by atoms with van der Waals surface area (Å²) in [6.45, 7) is 0.962. The summed E-state index contributed by atoms with van der Waals surface area (Å²) in [6, 6.07) is 10.7. The maximum Gasteiger partial charge on any atom is 0.162 e. The van der Waals surface area contributed by atoms with E-state index < -0.39 is 10.8 Å². The van der Waals surface area contributed by atoms with Gasteiger partial charge in [0.2, 0.25) is 0 Å². The van der Waals surface area contributed by atoms with E-state index in [1.165, 1.54) is 0 Å². The van der Waals surface area contributed by atoms with Gasteiger partial charge in [0.25, 0.3) is 0 Å². The molecular weight excluding hydrogens is 324 g/mol. The molecule has 3 rings (SSSR count). The Hall–Kier alpha value is -1.56. The second-order valence-electron chi connectivity index (χ2n) is 4.89. The molecule has 4 nitrogen and oxygen atoms in total. The summed E-state index contributed by atoms with van der Waals surface area (Å²) >= 11 is 6.21. The van der Waals surface area contributed by atoms with Gasteiger partial charge in [-0.25, -0.2) is 0 Å². The van der Waals surface area contributed by atoms with E-state index in [1.54, 1.807) is 12.1 Å². The van der Waals surface area contributed by atoms with E-state index in [0.717, 1.165) is 11.1 Å². The highest BCUT2D eigenvalue weighted by Crippen LogP contribution is 2.37. The number of hydrogen-bond acceptors (Lipinski definition) is 4. The van der Waals surface area contributed by atoms with E-state index in [1.807, 2.05) is 24.3 Å². The van der Waals surface area contributed by atoms with Gasteiger partial charge in [0.15, 0.2) is 11.5 Å². The smallest absolute Gasteiger partial charge is 0.162 e. The van der Waals surface area contributed by atoms with Crippen LogP contribution in [0.3, 0.4) is 0 Å². The third-order valence-electron chi connectivity index (χ3n) is 3.35. The highest BCUT2D eigenvalue weighted by atomic mass is 35.5. The fourth-order valence-corrected chi connectivity index (χ4v) is 3.77. The minimum absolute atomic E-state index is 0.00262. The molecule has 0 amide bonds. The number of rotatable bonds is 4. The van der Waals surface area contributed by atoms with E-state index >= 15 is 0 Å². The van der Waals surface area contributed by atoms with Crippen molar-refractivity contribution in [3.05, 3.63) is 52.5 Å². The summed E-state index contributed by atoms with van der Waals surface area (Å²) in [7, 11) is -1.28. The number of fused-ring (bicyclic) bond motifs is 1. The van der Waals surface area contributed by atoms with Crippen LogP contribution in [0.2, 0.25) is 5.02 Å². The van der Waals surface area contributed by atoms with E-state index in [4.69, 9.17) is 26.2 Å². The first kappa shape index (κ1) is 15.3. The van der Waals surface area contributed by atoms with Crippen molar-refractivity contribution in [1.29, 1.82) is 0 Å². The Morgan fingerprint density at radius 3 is 2.27 bits per heavy atom. The zero-order valence-corrected chi connectivity index (χ0v) is 13.3. The van der Waals surface area contributed by atoms with Crippen LogP contribution < -0.4 is 9.47 Å². The molecule has 1 aliphatic heterocycles. The SMILES string of the molecule is O=[S@@](Cc1ccc(CO)cc1)c1cc2c(cc1Cl)OCCO2. The van der Waals surface area contributed by atoms with Crippen LogP contribution >= 0.6 is 11.6 Å². The van der Waals surface area contributed by atoms with Crippen molar-refractivity contribution in [2.75, 3.05) is 13.2 Å². The molecule has 0 aliphatic carbocycles. The molecule has 0 fully saturated rings. The van der Waals surface area contributed by atoms with Gasteiger partial charge in [0, 0.05) is 12.1 Å². The van der Waals surface area contributed by atoms with Crippen LogP contribution in [-0.4, -0.2) is 22.5 Å². The molecular formula is C16H15ClO4S. The molecule has 6 heteroatoms. The van der Waals surface area contributed by atoms with Crippen molar-refractivity contribution in [3.63, 3.8) is 0 Å².